The SMILES string of the molecule is CCC(Nc1cc(OC)c(Br)cc1Br)c1ccc(Cl)cc1. The number of anilines is 1. The quantitative estimate of drug-likeness (QED) is 0.586. The van der Waals surface area contributed by atoms with Gasteiger partial charge in [0.25, 0.3) is 0 Å². The molecule has 0 spiro atoms. The molecule has 0 amide bonds. The van der Waals surface area contributed by atoms with Gasteiger partial charge in [-0.2, -0.15) is 0 Å². The van der Waals surface area contributed by atoms with Gasteiger partial charge in [0.1, 0.15) is 5.75 Å². The number of benzene rings is 2. The van der Waals surface area contributed by atoms with E-state index in [4.69, 9.17) is 16.3 Å². The maximum absolute atomic E-state index is 5.95. The van der Waals surface area contributed by atoms with Crippen LogP contribution in [0.3, 0.4) is 0 Å². The number of hydrogen-bond acceptors (Lipinski definition) is 2. The number of rotatable bonds is 5. The summed E-state index contributed by atoms with van der Waals surface area (Å²) in [6, 6.07) is 12.1. The third kappa shape index (κ3) is 4.15. The van der Waals surface area contributed by atoms with Crippen molar-refractivity contribution in [2.45, 2.75) is 19.4 Å². The fraction of sp³-hybridized carbons (Fsp3) is 0.250. The van der Waals surface area contributed by atoms with Gasteiger partial charge in [0.05, 0.1) is 23.3 Å². The zero-order valence-corrected chi connectivity index (χ0v) is 15.7. The molecule has 0 bridgehead atoms. The van der Waals surface area contributed by atoms with E-state index < -0.39 is 0 Å². The average molecular weight is 434 g/mol. The Hall–Kier alpha value is -0.710. The lowest BCUT2D eigenvalue weighted by Gasteiger charge is -2.21. The highest BCUT2D eigenvalue weighted by molar-refractivity contribution is 9.11. The third-order valence-corrected chi connectivity index (χ3v) is 4.78. The summed E-state index contributed by atoms with van der Waals surface area (Å²) in [7, 11) is 1.66. The van der Waals surface area contributed by atoms with Crippen molar-refractivity contribution in [2.24, 2.45) is 0 Å². The van der Waals surface area contributed by atoms with Gasteiger partial charge in [0.2, 0.25) is 0 Å². The largest absolute Gasteiger partial charge is 0.495 e. The van der Waals surface area contributed by atoms with Gasteiger partial charge in [-0.25, -0.2) is 0 Å². The third-order valence-electron chi connectivity index (χ3n) is 3.25. The van der Waals surface area contributed by atoms with Gasteiger partial charge < -0.3 is 10.1 Å². The highest BCUT2D eigenvalue weighted by Crippen LogP contribution is 2.36. The second-order valence-corrected chi connectivity index (χ2v) is 6.77. The summed E-state index contributed by atoms with van der Waals surface area (Å²) in [5.74, 6) is 0.798. The second kappa shape index (κ2) is 7.52. The molecule has 0 heterocycles. The highest BCUT2D eigenvalue weighted by atomic mass is 79.9. The first-order valence-electron chi connectivity index (χ1n) is 6.60. The Labute approximate surface area is 147 Å². The first-order chi connectivity index (χ1) is 10.0. The van der Waals surface area contributed by atoms with Crippen LogP contribution in [-0.2, 0) is 0 Å². The minimum atomic E-state index is 0.212. The molecule has 1 atom stereocenters. The number of halogens is 3. The highest BCUT2D eigenvalue weighted by Gasteiger charge is 2.13. The van der Waals surface area contributed by atoms with Crippen molar-refractivity contribution in [1.29, 1.82) is 0 Å². The lowest BCUT2D eigenvalue weighted by molar-refractivity contribution is 0.412. The van der Waals surface area contributed by atoms with Crippen LogP contribution in [0.15, 0.2) is 45.3 Å². The van der Waals surface area contributed by atoms with Crippen molar-refractivity contribution in [3.05, 3.63) is 55.9 Å². The van der Waals surface area contributed by atoms with E-state index in [-0.39, 0.29) is 6.04 Å². The Bertz CT molecular complexity index is 616. The van der Waals surface area contributed by atoms with Crippen LogP contribution in [0, 0.1) is 0 Å². The molecule has 0 saturated heterocycles. The van der Waals surface area contributed by atoms with Gasteiger partial charge in [-0.1, -0.05) is 30.7 Å². The molecule has 0 aromatic heterocycles. The zero-order chi connectivity index (χ0) is 15.4. The number of nitrogens with one attached hydrogen (secondary N) is 1. The van der Waals surface area contributed by atoms with Gasteiger partial charge >= 0.3 is 0 Å². The summed E-state index contributed by atoms with van der Waals surface area (Å²) in [6.07, 6.45) is 0.965. The maximum atomic E-state index is 5.95. The summed E-state index contributed by atoms with van der Waals surface area (Å²) < 4.78 is 7.26. The normalized spacial score (nSPS) is 12.0. The minimum absolute atomic E-state index is 0.212. The molecule has 1 N–H and O–H groups in total. The summed E-state index contributed by atoms with van der Waals surface area (Å²) in [4.78, 5) is 0. The van der Waals surface area contributed by atoms with Crippen LogP contribution < -0.4 is 10.1 Å². The van der Waals surface area contributed by atoms with Crippen molar-refractivity contribution in [3.8, 4) is 5.75 Å². The van der Waals surface area contributed by atoms with Gasteiger partial charge in [-0.3, -0.25) is 0 Å². The molecule has 5 heteroatoms. The van der Waals surface area contributed by atoms with E-state index in [9.17, 15) is 0 Å². The van der Waals surface area contributed by atoms with Crippen molar-refractivity contribution in [3.63, 3.8) is 0 Å². The summed E-state index contributed by atoms with van der Waals surface area (Å²) in [5.41, 5.74) is 2.20. The first kappa shape index (κ1) is 16.7. The van der Waals surface area contributed by atoms with Crippen LogP contribution in [-0.4, -0.2) is 7.11 Å². The standard InChI is InChI=1S/C16H16Br2ClNO/c1-3-14(10-4-6-11(19)7-5-10)20-15-9-16(21-2)13(18)8-12(15)17/h4-9,14,20H,3H2,1-2H3. The molecule has 0 saturated carbocycles. The van der Waals surface area contributed by atoms with E-state index in [1.807, 2.05) is 36.4 Å². The van der Waals surface area contributed by atoms with Crippen LogP contribution in [0.1, 0.15) is 24.9 Å². The molecule has 1 unspecified atom stereocenters. The Kier molecular flexibility index (Phi) is 5.97. The molecule has 0 radical (unpaired) electrons. The van der Waals surface area contributed by atoms with Crippen molar-refractivity contribution in [2.75, 3.05) is 12.4 Å². The number of methoxy groups -OCH3 is 1. The Morgan fingerprint density at radius 1 is 1.14 bits per heavy atom. The lowest BCUT2D eigenvalue weighted by atomic mass is 10.0. The molecular formula is C16H16Br2ClNO. The zero-order valence-electron chi connectivity index (χ0n) is 11.8. The Morgan fingerprint density at radius 3 is 2.38 bits per heavy atom. The van der Waals surface area contributed by atoms with E-state index in [0.717, 1.165) is 31.8 Å². The predicted molar refractivity (Wildman–Crippen MR) is 96.5 cm³/mol. The molecule has 0 aliphatic rings. The number of hydrogen-bond donors (Lipinski definition) is 1. The lowest BCUT2D eigenvalue weighted by Crippen LogP contribution is -2.10. The van der Waals surface area contributed by atoms with Gasteiger partial charge in [-0.05, 0) is 62.0 Å². The van der Waals surface area contributed by atoms with E-state index in [1.165, 1.54) is 5.56 Å². The summed E-state index contributed by atoms with van der Waals surface area (Å²) >= 11 is 13.0. The van der Waals surface area contributed by atoms with E-state index >= 15 is 0 Å². The first-order valence-corrected chi connectivity index (χ1v) is 8.56. The Morgan fingerprint density at radius 2 is 1.81 bits per heavy atom. The fourth-order valence-corrected chi connectivity index (χ4v) is 3.50. The van der Waals surface area contributed by atoms with Gasteiger partial charge in [0, 0.05) is 15.6 Å². The van der Waals surface area contributed by atoms with Crippen LogP contribution in [0.4, 0.5) is 5.69 Å². The molecule has 2 nitrogen and oxygen atoms in total. The average Bonchev–Trinajstić information content (AvgIpc) is 2.48. The predicted octanol–water partition coefficient (Wildman–Crippen LogP) is 6.44. The molecule has 0 aliphatic heterocycles. The monoisotopic (exact) mass is 431 g/mol. The Balaban J connectivity index is 2.28. The van der Waals surface area contributed by atoms with E-state index in [2.05, 4.69) is 44.1 Å². The second-order valence-electron chi connectivity index (χ2n) is 4.62. The molecule has 112 valence electrons. The molecule has 0 fully saturated rings. The fourth-order valence-electron chi connectivity index (χ4n) is 2.10. The molecular weight excluding hydrogens is 417 g/mol. The summed E-state index contributed by atoms with van der Waals surface area (Å²) in [6.45, 7) is 2.15. The molecule has 0 aliphatic carbocycles. The molecule has 21 heavy (non-hydrogen) atoms. The van der Waals surface area contributed by atoms with E-state index in [1.54, 1.807) is 7.11 Å². The number of ether oxygens (including phenoxy) is 1. The van der Waals surface area contributed by atoms with Crippen LogP contribution >= 0.6 is 43.5 Å². The van der Waals surface area contributed by atoms with Crippen LogP contribution in [0.2, 0.25) is 5.02 Å². The van der Waals surface area contributed by atoms with Crippen molar-refractivity contribution in [1.82, 2.24) is 0 Å². The maximum Gasteiger partial charge on any atom is 0.135 e. The molecule has 2 aromatic rings. The minimum Gasteiger partial charge on any atom is -0.495 e. The van der Waals surface area contributed by atoms with Gasteiger partial charge in [-0.15, -0.1) is 0 Å². The topological polar surface area (TPSA) is 21.3 Å². The van der Waals surface area contributed by atoms with Gasteiger partial charge in [0.15, 0.2) is 0 Å². The molecule has 2 aromatic carbocycles. The molecule has 2 rings (SSSR count). The van der Waals surface area contributed by atoms with Crippen LogP contribution in [0.25, 0.3) is 0 Å². The smallest absolute Gasteiger partial charge is 0.135 e. The summed E-state index contributed by atoms with van der Waals surface area (Å²) in [5, 5.41) is 4.29. The van der Waals surface area contributed by atoms with Crippen LogP contribution in [0.5, 0.6) is 5.75 Å². The van der Waals surface area contributed by atoms with Crippen molar-refractivity contribution < 1.29 is 4.74 Å². The van der Waals surface area contributed by atoms with Crippen molar-refractivity contribution >= 4 is 49.1 Å². The van der Waals surface area contributed by atoms with E-state index in [0.29, 0.717) is 0 Å².